The highest BCUT2D eigenvalue weighted by Crippen LogP contribution is 2.30. The minimum Gasteiger partial charge on any atom is -0.467 e. The van der Waals surface area contributed by atoms with Gasteiger partial charge in [0.05, 0.1) is 7.11 Å². The van der Waals surface area contributed by atoms with Crippen LogP contribution in [0.2, 0.25) is 5.02 Å². The highest BCUT2D eigenvalue weighted by atomic mass is 35.5. The van der Waals surface area contributed by atoms with Crippen LogP contribution >= 0.6 is 11.6 Å². The molecule has 1 aromatic rings. The third-order valence-corrected chi connectivity index (χ3v) is 3.35. The fourth-order valence-electron chi connectivity index (χ4n) is 1.91. The van der Waals surface area contributed by atoms with Crippen LogP contribution in [0.4, 0.5) is 4.39 Å². The standard InChI is InChI=1S/C13H16ClFN4O2/c1-13(12(20)21-2,17-6-3-7-18-19-16)10-5-4-9(15)8-11(10)14/h4-5,8,17H,3,6-7H2,1-2H3. The van der Waals surface area contributed by atoms with Gasteiger partial charge in [0.15, 0.2) is 0 Å². The van der Waals surface area contributed by atoms with Crippen LogP contribution in [0.3, 0.4) is 0 Å². The third kappa shape index (κ3) is 4.32. The molecular formula is C13H16ClFN4O2. The second kappa shape index (κ2) is 7.83. The zero-order valence-electron chi connectivity index (χ0n) is 11.8. The molecule has 114 valence electrons. The van der Waals surface area contributed by atoms with Crippen molar-refractivity contribution in [1.29, 1.82) is 0 Å². The maximum absolute atomic E-state index is 13.1. The zero-order valence-corrected chi connectivity index (χ0v) is 12.5. The van der Waals surface area contributed by atoms with Crippen molar-refractivity contribution in [2.75, 3.05) is 20.2 Å². The SMILES string of the molecule is COC(=O)C(C)(NCCCN=[N+]=[N-])c1ccc(F)cc1Cl. The number of carbonyl (C=O) groups is 1. The summed E-state index contributed by atoms with van der Waals surface area (Å²) in [6, 6.07) is 3.80. The smallest absolute Gasteiger partial charge is 0.330 e. The molecule has 0 aliphatic rings. The van der Waals surface area contributed by atoms with Crippen LogP contribution in [-0.2, 0) is 15.1 Å². The Morgan fingerprint density at radius 3 is 2.90 bits per heavy atom. The molecule has 0 bridgehead atoms. The van der Waals surface area contributed by atoms with E-state index in [1.807, 2.05) is 0 Å². The van der Waals surface area contributed by atoms with Gasteiger partial charge < -0.3 is 4.74 Å². The molecule has 0 heterocycles. The highest BCUT2D eigenvalue weighted by Gasteiger charge is 2.37. The summed E-state index contributed by atoms with van der Waals surface area (Å²) < 4.78 is 17.9. The molecule has 1 N–H and O–H groups in total. The van der Waals surface area contributed by atoms with Gasteiger partial charge in [-0.05, 0) is 37.6 Å². The van der Waals surface area contributed by atoms with E-state index < -0.39 is 17.3 Å². The Morgan fingerprint density at radius 1 is 1.62 bits per heavy atom. The number of esters is 1. The van der Waals surface area contributed by atoms with Gasteiger partial charge in [0.25, 0.3) is 0 Å². The van der Waals surface area contributed by atoms with Crippen LogP contribution in [0.25, 0.3) is 10.4 Å². The molecule has 21 heavy (non-hydrogen) atoms. The first-order valence-electron chi connectivity index (χ1n) is 6.25. The van der Waals surface area contributed by atoms with Crippen LogP contribution < -0.4 is 5.32 Å². The van der Waals surface area contributed by atoms with Gasteiger partial charge >= 0.3 is 5.97 Å². The fourth-order valence-corrected chi connectivity index (χ4v) is 2.27. The molecule has 0 fully saturated rings. The molecule has 0 spiro atoms. The number of methoxy groups -OCH3 is 1. The Bertz CT molecular complexity index is 563. The molecule has 0 aromatic heterocycles. The van der Waals surface area contributed by atoms with E-state index in [0.29, 0.717) is 25.1 Å². The van der Waals surface area contributed by atoms with E-state index in [1.165, 1.54) is 19.2 Å². The van der Waals surface area contributed by atoms with Gasteiger partial charge in [-0.2, -0.15) is 0 Å². The van der Waals surface area contributed by atoms with Crippen molar-refractivity contribution in [3.05, 3.63) is 45.0 Å². The number of benzene rings is 1. The summed E-state index contributed by atoms with van der Waals surface area (Å²) in [7, 11) is 1.26. The van der Waals surface area contributed by atoms with Gasteiger partial charge in [0.2, 0.25) is 0 Å². The van der Waals surface area contributed by atoms with Gasteiger partial charge in [0, 0.05) is 22.0 Å². The van der Waals surface area contributed by atoms with E-state index in [0.717, 1.165) is 6.07 Å². The zero-order chi connectivity index (χ0) is 15.9. The van der Waals surface area contributed by atoms with Crippen LogP contribution in [0.5, 0.6) is 0 Å². The van der Waals surface area contributed by atoms with E-state index in [4.69, 9.17) is 21.9 Å². The molecular weight excluding hydrogens is 299 g/mol. The summed E-state index contributed by atoms with van der Waals surface area (Å²) in [5, 5.41) is 6.55. The Hall–Kier alpha value is -1.82. The monoisotopic (exact) mass is 314 g/mol. The number of azide groups is 1. The topological polar surface area (TPSA) is 87.1 Å². The fraction of sp³-hybridized carbons (Fsp3) is 0.462. The van der Waals surface area contributed by atoms with Crippen LogP contribution in [0.1, 0.15) is 18.9 Å². The number of nitrogens with one attached hydrogen (secondary N) is 1. The van der Waals surface area contributed by atoms with Crippen LogP contribution in [0.15, 0.2) is 23.3 Å². The van der Waals surface area contributed by atoms with Crippen molar-refractivity contribution in [1.82, 2.24) is 5.32 Å². The Kier molecular flexibility index (Phi) is 6.42. The number of ether oxygens (including phenoxy) is 1. The maximum atomic E-state index is 13.1. The normalized spacial score (nSPS) is 13.1. The molecule has 1 unspecified atom stereocenters. The van der Waals surface area contributed by atoms with E-state index in [9.17, 15) is 9.18 Å². The van der Waals surface area contributed by atoms with Crippen LogP contribution in [-0.4, -0.2) is 26.2 Å². The van der Waals surface area contributed by atoms with E-state index in [1.54, 1.807) is 6.92 Å². The second-order valence-corrected chi connectivity index (χ2v) is 4.88. The predicted octanol–water partition coefficient (Wildman–Crippen LogP) is 3.16. The number of hydrogen-bond donors (Lipinski definition) is 1. The number of hydrogen-bond acceptors (Lipinski definition) is 4. The van der Waals surface area contributed by atoms with Crippen molar-refractivity contribution < 1.29 is 13.9 Å². The first-order valence-corrected chi connectivity index (χ1v) is 6.63. The molecule has 0 radical (unpaired) electrons. The minimum atomic E-state index is -1.21. The quantitative estimate of drug-likeness (QED) is 0.276. The predicted molar refractivity (Wildman–Crippen MR) is 77.4 cm³/mol. The summed E-state index contributed by atoms with van der Waals surface area (Å²) in [5.41, 5.74) is 7.41. The maximum Gasteiger partial charge on any atom is 0.330 e. The van der Waals surface area contributed by atoms with Gasteiger partial charge in [-0.15, -0.1) is 0 Å². The molecule has 0 aliphatic carbocycles. The lowest BCUT2D eigenvalue weighted by Crippen LogP contribution is -2.48. The first kappa shape index (κ1) is 17.2. The molecule has 1 rings (SSSR count). The molecule has 0 aliphatic heterocycles. The Labute approximate surface area is 126 Å². The molecule has 0 amide bonds. The van der Waals surface area contributed by atoms with Gasteiger partial charge in [0.1, 0.15) is 11.4 Å². The van der Waals surface area contributed by atoms with Crippen molar-refractivity contribution in [3.8, 4) is 0 Å². The summed E-state index contributed by atoms with van der Waals surface area (Å²) in [6.07, 6.45) is 0.537. The average Bonchev–Trinajstić information content (AvgIpc) is 2.45. The highest BCUT2D eigenvalue weighted by molar-refractivity contribution is 6.31. The Balaban J connectivity index is 2.97. The third-order valence-electron chi connectivity index (χ3n) is 3.04. The van der Waals surface area contributed by atoms with E-state index in [-0.39, 0.29) is 5.02 Å². The molecule has 0 saturated carbocycles. The van der Waals surface area contributed by atoms with Gasteiger partial charge in [-0.25, -0.2) is 9.18 Å². The van der Waals surface area contributed by atoms with Crippen molar-refractivity contribution >= 4 is 17.6 Å². The van der Waals surface area contributed by atoms with Gasteiger partial charge in [-0.3, -0.25) is 5.32 Å². The van der Waals surface area contributed by atoms with Gasteiger partial charge in [-0.1, -0.05) is 22.8 Å². The van der Waals surface area contributed by atoms with E-state index in [2.05, 4.69) is 15.3 Å². The second-order valence-electron chi connectivity index (χ2n) is 4.48. The lowest BCUT2D eigenvalue weighted by molar-refractivity contribution is -0.148. The number of halogens is 2. The Morgan fingerprint density at radius 2 is 2.33 bits per heavy atom. The molecule has 1 aromatic carbocycles. The number of carbonyl (C=O) groups excluding carboxylic acids is 1. The summed E-state index contributed by atoms with van der Waals surface area (Å²) in [4.78, 5) is 14.7. The average molecular weight is 315 g/mol. The van der Waals surface area contributed by atoms with E-state index >= 15 is 0 Å². The molecule has 0 saturated heterocycles. The summed E-state index contributed by atoms with van der Waals surface area (Å²) in [5.74, 6) is -1.03. The lowest BCUT2D eigenvalue weighted by atomic mass is 9.91. The number of nitrogens with zero attached hydrogens (tertiary/aromatic N) is 3. The molecule has 8 heteroatoms. The van der Waals surface area contributed by atoms with Crippen LogP contribution in [0, 0.1) is 5.82 Å². The first-order chi connectivity index (χ1) is 9.95. The minimum absolute atomic E-state index is 0.130. The van der Waals surface area contributed by atoms with Crippen molar-refractivity contribution in [3.63, 3.8) is 0 Å². The molecule has 6 nitrogen and oxygen atoms in total. The van der Waals surface area contributed by atoms with Crippen molar-refractivity contribution in [2.24, 2.45) is 5.11 Å². The lowest BCUT2D eigenvalue weighted by Gasteiger charge is -2.29. The van der Waals surface area contributed by atoms with Crippen molar-refractivity contribution in [2.45, 2.75) is 18.9 Å². The summed E-state index contributed by atoms with van der Waals surface area (Å²) >= 11 is 6.02. The molecule has 1 atom stereocenters. The number of rotatable bonds is 7. The largest absolute Gasteiger partial charge is 0.467 e. The summed E-state index contributed by atoms with van der Waals surface area (Å²) in [6.45, 7) is 2.31.